The number of fused-ring (bicyclic) bond motifs is 1. The van der Waals surface area contributed by atoms with Crippen LogP contribution >= 0.6 is 22.9 Å². The largest absolute Gasteiger partial charge is 0.482 e. The second-order valence-corrected chi connectivity index (χ2v) is 8.16. The van der Waals surface area contributed by atoms with E-state index in [1.165, 1.54) is 11.3 Å². The average molecular weight is 419 g/mol. The molecule has 0 saturated carbocycles. The van der Waals surface area contributed by atoms with Crippen molar-refractivity contribution in [3.63, 3.8) is 0 Å². The van der Waals surface area contributed by atoms with E-state index in [1.54, 1.807) is 24.3 Å². The number of thiophene rings is 1. The first-order valence-electron chi connectivity index (χ1n) is 8.84. The van der Waals surface area contributed by atoms with E-state index in [1.807, 2.05) is 0 Å². The molecule has 146 valence electrons. The summed E-state index contributed by atoms with van der Waals surface area (Å²) in [5.41, 5.74) is 1.56. The first-order valence-corrected chi connectivity index (χ1v) is 10.0. The molecule has 0 fully saturated rings. The molecule has 0 radical (unpaired) electrons. The number of nitriles is 1. The van der Waals surface area contributed by atoms with E-state index < -0.39 is 18.5 Å². The lowest BCUT2D eigenvalue weighted by molar-refractivity contribution is -0.149. The Morgan fingerprint density at radius 3 is 2.96 bits per heavy atom. The molecule has 1 aromatic heterocycles. The molecular formula is C20H19ClN2O4S. The molecule has 1 aliphatic carbocycles. The Kier molecular flexibility index (Phi) is 6.55. The smallest absolute Gasteiger partial charge is 0.344 e. The number of halogens is 1. The van der Waals surface area contributed by atoms with Crippen molar-refractivity contribution in [2.45, 2.75) is 26.2 Å². The number of hydrogen-bond acceptors (Lipinski definition) is 6. The third kappa shape index (κ3) is 5.03. The normalized spacial score (nSPS) is 15.2. The van der Waals surface area contributed by atoms with E-state index in [0.29, 0.717) is 27.3 Å². The summed E-state index contributed by atoms with van der Waals surface area (Å²) in [6, 6.07) is 8.81. The quantitative estimate of drug-likeness (QED) is 0.717. The Morgan fingerprint density at radius 2 is 2.21 bits per heavy atom. The fraction of sp³-hybridized carbons (Fsp3) is 0.350. The van der Waals surface area contributed by atoms with Crippen molar-refractivity contribution >= 4 is 39.8 Å². The van der Waals surface area contributed by atoms with Crippen LogP contribution in [-0.2, 0) is 27.2 Å². The summed E-state index contributed by atoms with van der Waals surface area (Å²) in [5.74, 6) is -0.151. The summed E-state index contributed by atoms with van der Waals surface area (Å²) in [6.07, 6.45) is 2.80. The predicted octanol–water partition coefficient (Wildman–Crippen LogP) is 3.96. The monoisotopic (exact) mass is 418 g/mol. The lowest BCUT2D eigenvalue weighted by Crippen LogP contribution is -2.23. The SMILES string of the molecule is C[C@@H]1CCc2c(sc(NC(=O)COC(=O)COc3cccc(Cl)c3)c2C#N)C1. The highest BCUT2D eigenvalue weighted by Gasteiger charge is 2.24. The van der Waals surface area contributed by atoms with Gasteiger partial charge < -0.3 is 14.8 Å². The minimum atomic E-state index is -0.671. The molecule has 1 heterocycles. The van der Waals surface area contributed by atoms with Gasteiger partial charge in [0.15, 0.2) is 13.2 Å². The summed E-state index contributed by atoms with van der Waals surface area (Å²) < 4.78 is 10.2. The van der Waals surface area contributed by atoms with Crippen molar-refractivity contribution in [1.29, 1.82) is 5.26 Å². The second kappa shape index (κ2) is 9.09. The Labute approximate surface area is 172 Å². The van der Waals surface area contributed by atoms with Gasteiger partial charge in [0.2, 0.25) is 0 Å². The number of hydrogen-bond donors (Lipinski definition) is 1. The van der Waals surface area contributed by atoms with Crippen molar-refractivity contribution in [3.05, 3.63) is 45.3 Å². The number of benzene rings is 1. The second-order valence-electron chi connectivity index (χ2n) is 6.62. The Morgan fingerprint density at radius 1 is 1.39 bits per heavy atom. The molecule has 1 atom stereocenters. The highest BCUT2D eigenvalue weighted by molar-refractivity contribution is 7.16. The van der Waals surface area contributed by atoms with Crippen LogP contribution in [-0.4, -0.2) is 25.1 Å². The summed E-state index contributed by atoms with van der Waals surface area (Å²) in [4.78, 5) is 25.0. The topological polar surface area (TPSA) is 88.4 Å². The maximum absolute atomic E-state index is 12.1. The molecule has 28 heavy (non-hydrogen) atoms. The zero-order valence-corrected chi connectivity index (χ0v) is 16.9. The molecule has 1 aliphatic rings. The molecule has 0 spiro atoms. The number of ether oxygens (including phenoxy) is 2. The number of rotatable bonds is 6. The van der Waals surface area contributed by atoms with Crippen molar-refractivity contribution in [3.8, 4) is 11.8 Å². The molecule has 0 bridgehead atoms. The van der Waals surface area contributed by atoms with E-state index >= 15 is 0 Å². The van der Waals surface area contributed by atoms with E-state index in [9.17, 15) is 14.9 Å². The third-order valence-corrected chi connectivity index (χ3v) is 5.80. The molecule has 0 unspecified atom stereocenters. The van der Waals surface area contributed by atoms with Gasteiger partial charge in [0.05, 0.1) is 5.56 Å². The van der Waals surface area contributed by atoms with Crippen LogP contribution in [0.15, 0.2) is 24.3 Å². The van der Waals surface area contributed by atoms with Crippen LogP contribution < -0.4 is 10.1 Å². The lowest BCUT2D eigenvalue weighted by Gasteiger charge is -2.17. The maximum Gasteiger partial charge on any atom is 0.344 e. The van der Waals surface area contributed by atoms with Crippen LogP contribution in [0.25, 0.3) is 0 Å². The van der Waals surface area contributed by atoms with Gasteiger partial charge in [0.1, 0.15) is 16.8 Å². The van der Waals surface area contributed by atoms with Crippen LogP contribution in [0, 0.1) is 17.2 Å². The summed E-state index contributed by atoms with van der Waals surface area (Å²) in [7, 11) is 0. The van der Waals surface area contributed by atoms with Crippen molar-refractivity contribution in [2.24, 2.45) is 5.92 Å². The molecule has 2 aromatic rings. The van der Waals surface area contributed by atoms with Gasteiger partial charge in [-0.05, 0) is 48.9 Å². The Bertz CT molecular complexity index is 935. The average Bonchev–Trinajstić information content (AvgIpc) is 3.00. The molecule has 6 nitrogen and oxygen atoms in total. The number of esters is 1. The van der Waals surface area contributed by atoms with Gasteiger partial charge in [-0.3, -0.25) is 4.79 Å². The van der Waals surface area contributed by atoms with Crippen LogP contribution in [0.5, 0.6) is 5.75 Å². The lowest BCUT2D eigenvalue weighted by atomic mass is 9.89. The minimum absolute atomic E-state index is 0.331. The van der Waals surface area contributed by atoms with E-state index in [2.05, 4.69) is 18.3 Å². The first kappa shape index (κ1) is 20.2. The molecule has 1 aromatic carbocycles. The van der Waals surface area contributed by atoms with Crippen molar-refractivity contribution in [2.75, 3.05) is 18.5 Å². The number of carbonyl (C=O) groups excluding carboxylic acids is 2. The van der Waals surface area contributed by atoms with Gasteiger partial charge in [0, 0.05) is 9.90 Å². The summed E-state index contributed by atoms with van der Waals surface area (Å²) in [6.45, 7) is 1.40. The van der Waals surface area contributed by atoms with E-state index in [-0.39, 0.29) is 6.61 Å². The Balaban J connectivity index is 1.51. The number of nitrogens with zero attached hydrogens (tertiary/aromatic N) is 1. The van der Waals surface area contributed by atoms with Gasteiger partial charge in [-0.25, -0.2) is 4.79 Å². The van der Waals surface area contributed by atoms with E-state index in [4.69, 9.17) is 21.1 Å². The number of amides is 1. The molecule has 1 N–H and O–H groups in total. The first-order chi connectivity index (χ1) is 13.5. The molecule has 1 amide bonds. The van der Waals surface area contributed by atoms with Crippen LogP contribution in [0.1, 0.15) is 29.3 Å². The predicted molar refractivity (Wildman–Crippen MR) is 107 cm³/mol. The zero-order chi connectivity index (χ0) is 20.1. The summed E-state index contributed by atoms with van der Waals surface area (Å²) >= 11 is 7.27. The van der Waals surface area contributed by atoms with Crippen LogP contribution in [0.3, 0.4) is 0 Å². The van der Waals surface area contributed by atoms with Gasteiger partial charge >= 0.3 is 5.97 Å². The van der Waals surface area contributed by atoms with Gasteiger partial charge in [-0.2, -0.15) is 5.26 Å². The van der Waals surface area contributed by atoms with Gasteiger partial charge in [0.25, 0.3) is 5.91 Å². The number of carbonyl (C=O) groups is 2. The molecular weight excluding hydrogens is 400 g/mol. The molecule has 3 rings (SSSR count). The van der Waals surface area contributed by atoms with E-state index in [0.717, 1.165) is 29.7 Å². The fourth-order valence-corrected chi connectivity index (χ4v) is 4.56. The van der Waals surface area contributed by atoms with Crippen LogP contribution in [0.4, 0.5) is 5.00 Å². The van der Waals surface area contributed by atoms with Gasteiger partial charge in [-0.1, -0.05) is 24.6 Å². The highest BCUT2D eigenvalue weighted by atomic mass is 35.5. The standard InChI is InChI=1S/C20H19ClN2O4S/c1-12-5-6-15-16(9-22)20(28-17(15)7-12)23-18(24)10-27-19(25)11-26-14-4-2-3-13(21)8-14/h2-4,8,12H,5-7,10-11H2,1H3,(H,23,24)/t12-/m1/s1. The number of anilines is 1. The highest BCUT2D eigenvalue weighted by Crippen LogP contribution is 2.39. The van der Waals surface area contributed by atoms with Crippen molar-refractivity contribution in [1.82, 2.24) is 0 Å². The summed E-state index contributed by atoms with van der Waals surface area (Å²) in [5, 5.41) is 13.2. The minimum Gasteiger partial charge on any atom is -0.482 e. The number of nitrogens with one attached hydrogen (secondary N) is 1. The molecule has 0 aliphatic heterocycles. The van der Waals surface area contributed by atoms with Crippen molar-refractivity contribution < 1.29 is 19.1 Å². The van der Waals surface area contributed by atoms with Crippen LogP contribution in [0.2, 0.25) is 5.02 Å². The molecule has 0 saturated heterocycles. The molecule has 8 heteroatoms. The fourth-order valence-electron chi connectivity index (χ4n) is 3.01. The Hall–Kier alpha value is -2.56. The van der Waals surface area contributed by atoms with Gasteiger partial charge in [-0.15, -0.1) is 11.3 Å². The third-order valence-electron chi connectivity index (χ3n) is 4.39. The maximum atomic E-state index is 12.1. The zero-order valence-electron chi connectivity index (χ0n) is 15.3.